The molecular formula is C26H17N7O6S. The van der Waals surface area contributed by atoms with Gasteiger partial charge in [-0.15, -0.1) is 0 Å². The Hall–Kier alpha value is -5.52. The number of nitrogens with two attached hydrogens (primary N) is 1. The molecule has 0 radical (unpaired) electrons. The van der Waals surface area contributed by atoms with E-state index in [1.807, 2.05) is 0 Å². The lowest BCUT2D eigenvalue weighted by molar-refractivity contribution is -0.385. The van der Waals surface area contributed by atoms with Crippen molar-refractivity contribution in [2.45, 2.75) is 30.1 Å². The lowest BCUT2D eigenvalue weighted by Crippen LogP contribution is -2.48. The molecular weight excluding hydrogens is 538 g/mol. The molecule has 1 aliphatic carbocycles. The number of hydrogen-bond acceptors (Lipinski definition) is 11. The van der Waals surface area contributed by atoms with Gasteiger partial charge in [-0.1, -0.05) is 35.6 Å². The molecule has 13 nitrogen and oxygen atoms in total. The number of fused-ring (bicyclic) bond motifs is 2. The summed E-state index contributed by atoms with van der Waals surface area (Å²) in [6, 6.07) is 17.3. The van der Waals surface area contributed by atoms with Crippen LogP contribution in [0.15, 0.2) is 64.8 Å². The molecule has 1 aromatic heterocycles. The van der Waals surface area contributed by atoms with Crippen molar-refractivity contribution < 1.29 is 14.6 Å². The third-order valence-corrected chi connectivity index (χ3v) is 8.75. The van der Waals surface area contributed by atoms with Crippen LogP contribution in [0.1, 0.15) is 40.7 Å². The number of H-pyrrole nitrogens is 1. The van der Waals surface area contributed by atoms with Gasteiger partial charge in [-0.2, -0.15) is 15.8 Å². The third kappa shape index (κ3) is 3.76. The summed E-state index contributed by atoms with van der Waals surface area (Å²) in [5.74, 6) is -2.05. The summed E-state index contributed by atoms with van der Waals surface area (Å²) in [6.45, 7) is 0. The molecule has 2 aromatic carbocycles. The number of allylic oxidation sites excluding steroid dienone is 1. The fraction of sp³-hybridized carbons (Fsp3) is 0.231. The van der Waals surface area contributed by atoms with Gasteiger partial charge < -0.3 is 10.5 Å². The van der Waals surface area contributed by atoms with Crippen LogP contribution < -0.4 is 15.3 Å². The second-order valence-corrected chi connectivity index (χ2v) is 10.5. The molecule has 3 aromatic rings. The van der Waals surface area contributed by atoms with Gasteiger partial charge in [-0.3, -0.25) is 30.0 Å². The summed E-state index contributed by atoms with van der Waals surface area (Å²) in [6.07, 6.45) is -0.0493. The van der Waals surface area contributed by atoms with Crippen LogP contribution in [0.2, 0.25) is 0 Å². The highest BCUT2D eigenvalue weighted by molar-refractivity contribution is 7.09. The summed E-state index contributed by atoms with van der Waals surface area (Å²) >= 11 is 0.818. The molecule has 198 valence electrons. The molecule has 2 aliphatic rings. The summed E-state index contributed by atoms with van der Waals surface area (Å²) in [4.78, 5) is 36.3. The molecule has 1 saturated carbocycles. The number of rotatable bonds is 4. The number of benzene rings is 2. The normalized spacial score (nSPS) is 22.7. The predicted molar refractivity (Wildman–Crippen MR) is 139 cm³/mol. The lowest BCUT2D eigenvalue weighted by atomic mass is 9.49. The van der Waals surface area contributed by atoms with Crippen LogP contribution in [0.5, 0.6) is 5.88 Å². The number of nitrogens with zero attached hydrogens (tertiary/aromatic N) is 5. The number of hydrogen-bond donors (Lipinski definition) is 2. The number of non-ortho nitro benzene ring substituents is 2. The maximum Gasteiger partial charge on any atom is 0.307 e. The number of nitro benzene ring substituents is 2. The van der Waals surface area contributed by atoms with E-state index >= 15 is 0 Å². The Morgan fingerprint density at radius 3 is 1.80 bits per heavy atom. The third-order valence-electron chi connectivity index (χ3n) is 7.69. The lowest BCUT2D eigenvalue weighted by Gasteiger charge is -2.51. The summed E-state index contributed by atoms with van der Waals surface area (Å²) in [5.41, 5.74) is 3.58. The number of ether oxygens (including phenoxy) is 1. The van der Waals surface area contributed by atoms with Crippen molar-refractivity contribution in [1.29, 1.82) is 15.8 Å². The first-order valence-electron chi connectivity index (χ1n) is 11.7. The number of nitriles is 3. The fourth-order valence-corrected chi connectivity index (χ4v) is 6.84. The van der Waals surface area contributed by atoms with Crippen LogP contribution in [0.4, 0.5) is 11.4 Å². The van der Waals surface area contributed by atoms with Gasteiger partial charge in [0.05, 0.1) is 32.3 Å². The fourth-order valence-electron chi connectivity index (χ4n) is 5.86. The number of nitro groups is 2. The van der Waals surface area contributed by atoms with Crippen molar-refractivity contribution in [2.24, 2.45) is 11.1 Å². The standard InChI is InChI=1S/C26H17N7O6S/c27-11-20-22(30)39-23-21(40-24(34)31-23)25(20)9-18(14-1-5-16(6-2-14)32(35)36)26(12-28,13-29)19(10-25)15-3-7-17(8-4-15)33(37)38/h1-8,18-19H,9-10,30H2,(H,31,34). The van der Waals surface area contributed by atoms with Crippen LogP contribution in [0.25, 0.3) is 0 Å². The first-order valence-corrected chi connectivity index (χ1v) is 12.5. The summed E-state index contributed by atoms with van der Waals surface area (Å²) < 4.78 is 5.56. The molecule has 3 N–H and O–H groups in total. The van der Waals surface area contributed by atoms with Gasteiger partial charge in [0.1, 0.15) is 11.6 Å². The van der Waals surface area contributed by atoms with Gasteiger partial charge >= 0.3 is 4.87 Å². The quantitative estimate of drug-likeness (QED) is 0.347. The Morgan fingerprint density at radius 1 is 0.925 bits per heavy atom. The molecule has 2 unspecified atom stereocenters. The molecule has 0 bridgehead atoms. The zero-order valence-corrected chi connectivity index (χ0v) is 21.2. The summed E-state index contributed by atoms with van der Waals surface area (Å²) in [7, 11) is 0. The van der Waals surface area contributed by atoms with Gasteiger partial charge in [0.25, 0.3) is 11.4 Å². The van der Waals surface area contributed by atoms with E-state index in [9.17, 15) is 40.8 Å². The molecule has 0 amide bonds. The van der Waals surface area contributed by atoms with Crippen LogP contribution >= 0.6 is 11.3 Å². The van der Waals surface area contributed by atoms with E-state index in [-0.39, 0.29) is 41.6 Å². The Labute approximate surface area is 229 Å². The predicted octanol–water partition coefficient (Wildman–Crippen LogP) is 3.97. The molecule has 40 heavy (non-hydrogen) atoms. The van der Waals surface area contributed by atoms with E-state index in [1.165, 1.54) is 48.5 Å². The van der Waals surface area contributed by atoms with Crippen molar-refractivity contribution >= 4 is 22.7 Å². The first-order chi connectivity index (χ1) is 19.1. The molecule has 0 saturated heterocycles. The monoisotopic (exact) mass is 555 g/mol. The summed E-state index contributed by atoms with van der Waals surface area (Å²) in [5, 5.41) is 54.0. The van der Waals surface area contributed by atoms with Crippen molar-refractivity contribution in [3.63, 3.8) is 0 Å². The van der Waals surface area contributed by atoms with Crippen LogP contribution in [-0.4, -0.2) is 14.8 Å². The largest absolute Gasteiger partial charge is 0.423 e. The van der Waals surface area contributed by atoms with E-state index in [1.54, 1.807) is 0 Å². The van der Waals surface area contributed by atoms with Crippen LogP contribution in [-0.2, 0) is 5.41 Å². The molecule has 1 fully saturated rings. The Bertz CT molecular complexity index is 1690. The molecule has 2 atom stereocenters. The number of nitrogens with one attached hydrogen (secondary N) is 1. The minimum Gasteiger partial charge on any atom is -0.423 e. The van der Waals surface area contributed by atoms with Crippen molar-refractivity contribution in [3.05, 3.63) is 106 Å². The number of thiazole rings is 1. The van der Waals surface area contributed by atoms with Gasteiger partial charge in [0, 0.05) is 36.1 Å². The van der Waals surface area contributed by atoms with Gasteiger partial charge in [0.2, 0.25) is 11.8 Å². The van der Waals surface area contributed by atoms with Crippen molar-refractivity contribution in [1.82, 2.24) is 4.98 Å². The first kappa shape index (κ1) is 26.1. The van der Waals surface area contributed by atoms with Crippen molar-refractivity contribution in [2.75, 3.05) is 0 Å². The second kappa shape index (κ2) is 9.34. The van der Waals surface area contributed by atoms with Gasteiger partial charge in [-0.25, -0.2) is 0 Å². The van der Waals surface area contributed by atoms with Gasteiger partial charge in [0.15, 0.2) is 5.41 Å². The minimum absolute atomic E-state index is 0.0125. The van der Waals surface area contributed by atoms with E-state index in [0.717, 1.165) is 11.3 Å². The topological polar surface area (TPSA) is 226 Å². The van der Waals surface area contributed by atoms with E-state index in [4.69, 9.17) is 10.5 Å². The Balaban J connectivity index is 1.81. The molecule has 1 spiro atoms. The van der Waals surface area contributed by atoms with Crippen LogP contribution in [0, 0.1) is 59.6 Å². The zero-order chi connectivity index (χ0) is 28.8. The molecule has 1 aliphatic heterocycles. The number of aromatic nitrogens is 1. The highest BCUT2D eigenvalue weighted by Crippen LogP contribution is 2.64. The second-order valence-electron chi connectivity index (χ2n) is 9.51. The Kier molecular flexibility index (Phi) is 6.10. The average Bonchev–Trinajstić information content (AvgIpc) is 3.33. The zero-order valence-electron chi connectivity index (χ0n) is 20.4. The number of aromatic amines is 1. The van der Waals surface area contributed by atoms with Gasteiger partial charge in [-0.05, 0) is 24.0 Å². The molecule has 5 rings (SSSR count). The maximum absolute atomic E-state index is 12.4. The SMILES string of the molecule is N#CC1=C(N)Oc2[nH]c(=O)sc2C12CC(c1ccc([N+](=O)[O-])cc1)C(C#N)(C#N)C(c1ccc([N+](=O)[O-])cc1)C2. The smallest absolute Gasteiger partial charge is 0.307 e. The van der Waals surface area contributed by atoms with Crippen LogP contribution in [0.3, 0.4) is 0 Å². The highest BCUT2D eigenvalue weighted by atomic mass is 32.1. The van der Waals surface area contributed by atoms with E-state index in [0.29, 0.717) is 16.0 Å². The molecule has 14 heteroatoms. The molecule has 2 heterocycles. The Morgan fingerprint density at radius 2 is 1.40 bits per heavy atom. The highest BCUT2D eigenvalue weighted by Gasteiger charge is 2.61. The maximum atomic E-state index is 12.4. The van der Waals surface area contributed by atoms with Crippen molar-refractivity contribution in [3.8, 4) is 24.1 Å². The van der Waals surface area contributed by atoms with E-state index < -0.39 is 37.4 Å². The average molecular weight is 556 g/mol. The minimum atomic E-state index is -1.77. The van der Waals surface area contributed by atoms with E-state index in [2.05, 4.69) is 23.2 Å².